The minimum Gasteiger partial charge on any atom is -0.351 e. The van der Waals surface area contributed by atoms with Crippen LogP contribution in [0.15, 0.2) is 24.3 Å². The van der Waals surface area contributed by atoms with Crippen LogP contribution < -0.4 is 10.6 Å². The molecule has 0 aromatic heterocycles. The van der Waals surface area contributed by atoms with Crippen molar-refractivity contribution in [2.75, 3.05) is 13.1 Å². The minimum atomic E-state index is -0.509. The van der Waals surface area contributed by atoms with E-state index in [2.05, 4.69) is 15.5 Å². The van der Waals surface area contributed by atoms with Gasteiger partial charge in [0.2, 0.25) is 5.91 Å². The predicted octanol–water partition coefficient (Wildman–Crippen LogP) is 2.49. The molecule has 1 aliphatic carbocycles. The summed E-state index contributed by atoms with van der Waals surface area (Å²) in [6.45, 7) is 8.06. The normalized spacial score (nSPS) is 20.0. The molecule has 5 heteroatoms. The highest BCUT2D eigenvalue weighted by atomic mass is 16.2. The lowest BCUT2D eigenvalue weighted by Crippen LogP contribution is -2.54. The van der Waals surface area contributed by atoms with Crippen LogP contribution in [-0.4, -0.2) is 47.9 Å². The minimum absolute atomic E-state index is 0.0379. The molecule has 2 fully saturated rings. The van der Waals surface area contributed by atoms with Gasteiger partial charge in [-0.15, -0.1) is 0 Å². The molecule has 1 saturated heterocycles. The molecular formula is C21H31N3O2. The molecule has 1 heterocycles. The summed E-state index contributed by atoms with van der Waals surface area (Å²) in [4.78, 5) is 27.8. The largest absolute Gasteiger partial charge is 0.351 e. The summed E-state index contributed by atoms with van der Waals surface area (Å²) in [5.41, 5.74) is 1.70. The number of aryl methyl sites for hydroxylation is 1. The second-order valence-corrected chi connectivity index (χ2v) is 8.11. The van der Waals surface area contributed by atoms with Crippen molar-refractivity contribution in [3.8, 4) is 0 Å². The first-order valence-corrected chi connectivity index (χ1v) is 9.86. The van der Waals surface area contributed by atoms with E-state index in [-0.39, 0.29) is 23.8 Å². The lowest BCUT2D eigenvalue weighted by atomic mass is 10.00. The third-order valence-corrected chi connectivity index (χ3v) is 5.49. The van der Waals surface area contributed by atoms with Gasteiger partial charge in [0.05, 0.1) is 0 Å². The third kappa shape index (κ3) is 4.85. The Hall–Kier alpha value is -1.88. The van der Waals surface area contributed by atoms with Crippen LogP contribution in [-0.2, 0) is 4.79 Å². The van der Waals surface area contributed by atoms with Gasteiger partial charge in [-0.25, -0.2) is 0 Å². The summed E-state index contributed by atoms with van der Waals surface area (Å²) < 4.78 is 0. The highest BCUT2D eigenvalue weighted by Crippen LogP contribution is 2.29. The number of piperidine rings is 1. The Morgan fingerprint density at radius 3 is 2.19 bits per heavy atom. The quantitative estimate of drug-likeness (QED) is 0.822. The number of nitrogens with one attached hydrogen (secondary N) is 2. The third-order valence-electron chi connectivity index (χ3n) is 5.49. The van der Waals surface area contributed by atoms with Crippen molar-refractivity contribution in [1.29, 1.82) is 0 Å². The maximum Gasteiger partial charge on any atom is 0.251 e. The summed E-state index contributed by atoms with van der Waals surface area (Å²) in [7, 11) is 0. The van der Waals surface area contributed by atoms with Crippen molar-refractivity contribution in [3.05, 3.63) is 35.4 Å². The molecule has 3 rings (SSSR count). The standard InChI is InChI=1S/C21H31N3O2/c1-14(2)19(23-20(25)16-6-4-15(3)5-7-16)21(26)22-17-10-12-24(13-11-17)18-8-9-18/h4-7,14,17-19H,8-13H2,1-3H3,(H,22,26)(H,23,25). The highest BCUT2D eigenvalue weighted by molar-refractivity contribution is 5.97. The maximum absolute atomic E-state index is 12.8. The first-order chi connectivity index (χ1) is 12.4. The van der Waals surface area contributed by atoms with Gasteiger partial charge in [0.25, 0.3) is 5.91 Å². The molecule has 1 unspecified atom stereocenters. The number of amides is 2. The molecule has 1 aliphatic heterocycles. The summed E-state index contributed by atoms with van der Waals surface area (Å²) in [5.74, 6) is -0.219. The number of benzene rings is 1. The summed E-state index contributed by atoms with van der Waals surface area (Å²) in [5, 5.41) is 6.08. The molecule has 2 aliphatic rings. The van der Waals surface area contributed by atoms with E-state index in [0.29, 0.717) is 5.56 Å². The smallest absolute Gasteiger partial charge is 0.251 e. The van der Waals surface area contributed by atoms with Crippen LogP contribution in [0, 0.1) is 12.8 Å². The van der Waals surface area contributed by atoms with Crippen LogP contribution in [0.1, 0.15) is 55.5 Å². The molecule has 142 valence electrons. The Balaban J connectivity index is 1.54. The van der Waals surface area contributed by atoms with Crippen LogP contribution >= 0.6 is 0 Å². The van der Waals surface area contributed by atoms with Crippen LogP contribution in [0.3, 0.4) is 0 Å². The Morgan fingerprint density at radius 1 is 1.04 bits per heavy atom. The van der Waals surface area contributed by atoms with E-state index in [1.165, 1.54) is 12.8 Å². The van der Waals surface area contributed by atoms with E-state index in [4.69, 9.17) is 0 Å². The molecule has 1 aromatic carbocycles. The molecule has 0 radical (unpaired) electrons. The monoisotopic (exact) mass is 357 g/mol. The molecule has 0 bridgehead atoms. The van der Waals surface area contributed by atoms with Crippen molar-refractivity contribution in [3.63, 3.8) is 0 Å². The lowest BCUT2D eigenvalue weighted by molar-refractivity contribution is -0.125. The fourth-order valence-electron chi connectivity index (χ4n) is 3.60. The van der Waals surface area contributed by atoms with Gasteiger partial charge in [0.15, 0.2) is 0 Å². The molecule has 1 aromatic rings. The Labute approximate surface area is 156 Å². The Kier molecular flexibility index (Phi) is 5.97. The first-order valence-electron chi connectivity index (χ1n) is 9.86. The Morgan fingerprint density at radius 2 is 1.65 bits per heavy atom. The second kappa shape index (κ2) is 8.21. The zero-order valence-corrected chi connectivity index (χ0v) is 16.1. The average Bonchev–Trinajstić information content (AvgIpc) is 3.45. The zero-order valence-electron chi connectivity index (χ0n) is 16.1. The number of likely N-dealkylation sites (tertiary alicyclic amines) is 1. The number of rotatable bonds is 6. The zero-order chi connectivity index (χ0) is 18.7. The van der Waals surface area contributed by atoms with Crippen LogP contribution in [0.5, 0.6) is 0 Å². The second-order valence-electron chi connectivity index (χ2n) is 8.11. The number of carbonyl (C=O) groups excluding carboxylic acids is 2. The molecule has 1 atom stereocenters. The van der Waals surface area contributed by atoms with Gasteiger partial charge in [-0.05, 0) is 50.7 Å². The summed E-state index contributed by atoms with van der Waals surface area (Å²) in [6.07, 6.45) is 4.66. The van der Waals surface area contributed by atoms with Gasteiger partial charge in [0.1, 0.15) is 6.04 Å². The fourth-order valence-corrected chi connectivity index (χ4v) is 3.60. The van der Waals surface area contributed by atoms with Crippen molar-refractivity contribution in [1.82, 2.24) is 15.5 Å². The SMILES string of the molecule is Cc1ccc(C(=O)NC(C(=O)NC2CCN(C3CC3)CC2)C(C)C)cc1. The van der Waals surface area contributed by atoms with E-state index in [0.717, 1.165) is 37.5 Å². The summed E-state index contributed by atoms with van der Waals surface area (Å²) in [6, 6.07) is 7.92. The van der Waals surface area contributed by atoms with Crippen molar-refractivity contribution >= 4 is 11.8 Å². The van der Waals surface area contributed by atoms with Gasteiger partial charge in [0, 0.05) is 30.7 Å². The lowest BCUT2D eigenvalue weighted by Gasteiger charge is -2.33. The highest BCUT2D eigenvalue weighted by Gasteiger charge is 2.33. The maximum atomic E-state index is 12.8. The number of carbonyl (C=O) groups is 2. The molecule has 5 nitrogen and oxygen atoms in total. The molecule has 1 saturated carbocycles. The molecule has 26 heavy (non-hydrogen) atoms. The summed E-state index contributed by atoms with van der Waals surface area (Å²) >= 11 is 0. The van der Waals surface area contributed by atoms with Gasteiger partial charge in [-0.1, -0.05) is 31.5 Å². The van der Waals surface area contributed by atoms with Gasteiger partial charge < -0.3 is 15.5 Å². The van der Waals surface area contributed by atoms with Crippen LogP contribution in [0.2, 0.25) is 0 Å². The van der Waals surface area contributed by atoms with Crippen molar-refractivity contribution in [2.45, 2.75) is 64.6 Å². The van der Waals surface area contributed by atoms with Crippen LogP contribution in [0.25, 0.3) is 0 Å². The van der Waals surface area contributed by atoms with Crippen molar-refractivity contribution in [2.24, 2.45) is 5.92 Å². The van der Waals surface area contributed by atoms with E-state index in [1.54, 1.807) is 12.1 Å². The Bertz CT molecular complexity index is 629. The van der Waals surface area contributed by atoms with Gasteiger partial charge >= 0.3 is 0 Å². The van der Waals surface area contributed by atoms with E-state index in [9.17, 15) is 9.59 Å². The van der Waals surface area contributed by atoms with Gasteiger partial charge in [-0.3, -0.25) is 9.59 Å². The molecule has 0 spiro atoms. The molecular weight excluding hydrogens is 326 g/mol. The van der Waals surface area contributed by atoms with Crippen molar-refractivity contribution < 1.29 is 9.59 Å². The van der Waals surface area contributed by atoms with E-state index < -0.39 is 6.04 Å². The topological polar surface area (TPSA) is 61.4 Å². The predicted molar refractivity (Wildman–Crippen MR) is 103 cm³/mol. The number of nitrogens with zero attached hydrogens (tertiary/aromatic N) is 1. The van der Waals surface area contributed by atoms with E-state index >= 15 is 0 Å². The fraction of sp³-hybridized carbons (Fsp3) is 0.619. The number of hydrogen-bond donors (Lipinski definition) is 2. The van der Waals surface area contributed by atoms with Crippen LogP contribution in [0.4, 0.5) is 0 Å². The molecule has 2 amide bonds. The van der Waals surface area contributed by atoms with Gasteiger partial charge in [-0.2, -0.15) is 0 Å². The van der Waals surface area contributed by atoms with E-state index in [1.807, 2.05) is 32.9 Å². The average molecular weight is 357 g/mol. The molecule has 2 N–H and O–H groups in total. The number of hydrogen-bond acceptors (Lipinski definition) is 3. The first kappa shape index (κ1) is 18.9.